The largest absolute Gasteiger partial charge is 0.454 e. The molecule has 0 aliphatic heterocycles. The van der Waals surface area contributed by atoms with Crippen LogP contribution in [0.4, 0.5) is 0 Å². The highest BCUT2D eigenvalue weighted by Gasteiger charge is 2.21. The molecular formula is C52H31N5O. The monoisotopic (exact) mass is 741 g/mol. The minimum atomic E-state index is 0.568. The Morgan fingerprint density at radius 3 is 1.78 bits per heavy atom. The maximum Gasteiger partial charge on any atom is 0.164 e. The third-order valence-electron chi connectivity index (χ3n) is 11.4. The van der Waals surface area contributed by atoms with Crippen LogP contribution >= 0.6 is 0 Å². The quantitative estimate of drug-likeness (QED) is 0.176. The standard InChI is InChI=1S/C52H31N5O/c1-2-13-35-32(11-1)12-9-18-36(35)33-23-25-34(26-24-33)50-54-51(56-52(55-50)43-19-10-22-47-49(43)42-29-30-53-31-48(42)58-47)41-27-28-46(38-15-4-3-14-37(38)41)57-44-20-7-5-16-39(44)40-17-6-8-21-45(40)57/h1-31H. The van der Waals surface area contributed by atoms with Crippen molar-refractivity contribution in [1.82, 2.24) is 24.5 Å². The summed E-state index contributed by atoms with van der Waals surface area (Å²) in [6.07, 6.45) is 3.55. The number of fused-ring (bicyclic) bond motifs is 8. The van der Waals surface area contributed by atoms with Crippen LogP contribution in [0.5, 0.6) is 0 Å². The van der Waals surface area contributed by atoms with E-state index in [0.717, 1.165) is 71.7 Å². The summed E-state index contributed by atoms with van der Waals surface area (Å²) in [5, 5.41) is 8.94. The van der Waals surface area contributed by atoms with Crippen LogP contribution in [-0.4, -0.2) is 24.5 Å². The zero-order chi connectivity index (χ0) is 38.2. The summed E-state index contributed by atoms with van der Waals surface area (Å²) in [5.41, 5.74) is 9.89. The zero-order valence-electron chi connectivity index (χ0n) is 31.0. The normalized spacial score (nSPS) is 11.8. The number of rotatable bonds is 5. The molecule has 270 valence electrons. The van der Waals surface area contributed by atoms with Crippen molar-refractivity contribution >= 4 is 65.3 Å². The van der Waals surface area contributed by atoms with Crippen LogP contribution in [-0.2, 0) is 0 Å². The van der Waals surface area contributed by atoms with Crippen molar-refractivity contribution in [3.63, 3.8) is 0 Å². The van der Waals surface area contributed by atoms with E-state index in [0.29, 0.717) is 17.5 Å². The van der Waals surface area contributed by atoms with Gasteiger partial charge in [0.15, 0.2) is 23.1 Å². The molecule has 0 spiro atoms. The first-order chi connectivity index (χ1) is 28.8. The summed E-state index contributed by atoms with van der Waals surface area (Å²) in [6.45, 7) is 0. The highest BCUT2D eigenvalue weighted by molar-refractivity contribution is 6.13. The van der Waals surface area contributed by atoms with Gasteiger partial charge in [-0.1, -0.05) is 140 Å². The van der Waals surface area contributed by atoms with Crippen molar-refractivity contribution in [1.29, 1.82) is 0 Å². The van der Waals surface area contributed by atoms with Gasteiger partial charge < -0.3 is 8.98 Å². The Balaban J connectivity index is 1.08. The topological polar surface area (TPSA) is 69.6 Å². The van der Waals surface area contributed by atoms with E-state index in [-0.39, 0.29) is 0 Å². The Morgan fingerprint density at radius 1 is 0.379 bits per heavy atom. The van der Waals surface area contributed by atoms with Gasteiger partial charge in [-0.05, 0) is 63.7 Å². The van der Waals surface area contributed by atoms with E-state index < -0.39 is 0 Å². The molecule has 4 aromatic heterocycles. The van der Waals surface area contributed by atoms with Gasteiger partial charge in [0.05, 0.1) is 22.9 Å². The number of para-hydroxylation sites is 2. The Bertz CT molecular complexity index is 3520. The SMILES string of the molecule is c1ccc2c(-c3ccc(-c4nc(-c5ccc(-n6c7ccccc7c7ccccc76)c6ccccc56)nc(-c5cccc6oc7cnccc7c56)n4)cc3)cccc2c1. The van der Waals surface area contributed by atoms with Crippen LogP contribution < -0.4 is 0 Å². The smallest absolute Gasteiger partial charge is 0.164 e. The average molecular weight is 742 g/mol. The summed E-state index contributed by atoms with van der Waals surface area (Å²) >= 11 is 0. The molecule has 58 heavy (non-hydrogen) atoms. The van der Waals surface area contributed by atoms with Crippen molar-refractivity contribution in [2.45, 2.75) is 0 Å². The number of aromatic nitrogens is 5. The molecule has 6 heteroatoms. The molecule has 0 aliphatic carbocycles. The van der Waals surface area contributed by atoms with Gasteiger partial charge in [-0.3, -0.25) is 4.98 Å². The third kappa shape index (κ3) is 4.98. The van der Waals surface area contributed by atoms with E-state index in [4.69, 9.17) is 19.4 Å². The van der Waals surface area contributed by atoms with E-state index >= 15 is 0 Å². The summed E-state index contributed by atoms with van der Waals surface area (Å²) < 4.78 is 8.63. The van der Waals surface area contributed by atoms with Crippen molar-refractivity contribution in [2.24, 2.45) is 0 Å². The van der Waals surface area contributed by atoms with Crippen LogP contribution in [0.2, 0.25) is 0 Å². The van der Waals surface area contributed by atoms with E-state index in [1.165, 1.54) is 27.1 Å². The van der Waals surface area contributed by atoms with Crippen LogP contribution in [0, 0.1) is 0 Å². The second kappa shape index (κ2) is 12.8. The number of nitrogens with zero attached hydrogens (tertiary/aromatic N) is 5. The molecule has 0 saturated carbocycles. The fourth-order valence-electron chi connectivity index (χ4n) is 8.74. The molecule has 12 rings (SSSR count). The number of pyridine rings is 1. The van der Waals surface area contributed by atoms with E-state index in [9.17, 15) is 0 Å². The summed E-state index contributed by atoms with van der Waals surface area (Å²) in [6, 6.07) is 61.7. The first-order valence-electron chi connectivity index (χ1n) is 19.4. The second-order valence-electron chi connectivity index (χ2n) is 14.6. The molecule has 0 bridgehead atoms. The Labute approximate surface area is 332 Å². The Hall–Kier alpha value is -7.96. The molecule has 6 nitrogen and oxygen atoms in total. The number of benzene rings is 8. The highest BCUT2D eigenvalue weighted by atomic mass is 16.3. The molecule has 0 radical (unpaired) electrons. The molecule has 0 fully saturated rings. The highest BCUT2D eigenvalue weighted by Crippen LogP contribution is 2.40. The lowest BCUT2D eigenvalue weighted by Crippen LogP contribution is -2.02. The molecule has 0 aliphatic rings. The minimum absolute atomic E-state index is 0.568. The van der Waals surface area contributed by atoms with Crippen LogP contribution in [0.15, 0.2) is 193 Å². The lowest BCUT2D eigenvalue weighted by molar-refractivity contribution is 0.667. The molecule has 12 aromatic rings. The van der Waals surface area contributed by atoms with Crippen LogP contribution in [0.3, 0.4) is 0 Å². The van der Waals surface area contributed by atoms with E-state index in [2.05, 4.69) is 167 Å². The fourth-order valence-corrected chi connectivity index (χ4v) is 8.74. The van der Waals surface area contributed by atoms with Crippen LogP contribution in [0.25, 0.3) is 116 Å². The predicted octanol–water partition coefficient (Wildman–Crippen LogP) is 13.2. The molecule has 0 saturated heterocycles. The predicted molar refractivity (Wildman–Crippen MR) is 236 cm³/mol. The first kappa shape index (κ1) is 32.3. The maximum atomic E-state index is 6.26. The fraction of sp³-hybridized carbons (Fsp3) is 0. The second-order valence-corrected chi connectivity index (χ2v) is 14.6. The molecule has 0 unspecified atom stereocenters. The molecule has 0 atom stereocenters. The molecule has 4 heterocycles. The van der Waals surface area contributed by atoms with Crippen LogP contribution in [0.1, 0.15) is 0 Å². The Kier molecular flexibility index (Phi) is 7.13. The van der Waals surface area contributed by atoms with Gasteiger partial charge in [0, 0.05) is 49.8 Å². The van der Waals surface area contributed by atoms with Gasteiger partial charge in [0.1, 0.15) is 5.58 Å². The van der Waals surface area contributed by atoms with Gasteiger partial charge in [0.2, 0.25) is 0 Å². The summed E-state index contributed by atoms with van der Waals surface area (Å²) in [5.74, 6) is 1.75. The summed E-state index contributed by atoms with van der Waals surface area (Å²) in [4.78, 5) is 20.1. The lowest BCUT2D eigenvalue weighted by atomic mass is 9.97. The van der Waals surface area contributed by atoms with Gasteiger partial charge >= 0.3 is 0 Å². The Morgan fingerprint density at radius 2 is 0.983 bits per heavy atom. The van der Waals surface area contributed by atoms with Crippen molar-refractivity contribution < 1.29 is 4.42 Å². The van der Waals surface area contributed by atoms with E-state index in [1.54, 1.807) is 12.4 Å². The van der Waals surface area contributed by atoms with Gasteiger partial charge in [-0.15, -0.1) is 0 Å². The first-order valence-corrected chi connectivity index (χ1v) is 19.4. The van der Waals surface area contributed by atoms with Gasteiger partial charge in [-0.25, -0.2) is 15.0 Å². The van der Waals surface area contributed by atoms with Gasteiger partial charge in [-0.2, -0.15) is 0 Å². The number of hydrogen-bond acceptors (Lipinski definition) is 5. The molecular weight excluding hydrogens is 711 g/mol. The maximum absolute atomic E-state index is 6.26. The lowest BCUT2D eigenvalue weighted by Gasteiger charge is -2.15. The molecule has 0 amide bonds. The minimum Gasteiger partial charge on any atom is -0.454 e. The third-order valence-corrected chi connectivity index (χ3v) is 11.4. The van der Waals surface area contributed by atoms with E-state index in [1.807, 2.05) is 18.2 Å². The van der Waals surface area contributed by atoms with Crippen molar-refractivity contribution in [3.8, 4) is 51.0 Å². The van der Waals surface area contributed by atoms with Crippen molar-refractivity contribution in [3.05, 3.63) is 188 Å². The molecule has 0 N–H and O–H groups in total. The summed E-state index contributed by atoms with van der Waals surface area (Å²) in [7, 11) is 0. The average Bonchev–Trinajstić information content (AvgIpc) is 3.84. The zero-order valence-corrected chi connectivity index (χ0v) is 31.0. The number of hydrogen-bond donors (Lipinski definition) is 0. The van der Waals surface area contributed by atoms with Gasteiger partial charge in [0.25, 0.3) is 0 Å². The van der Waals surface area contributed by atoms with Crippen molar-refractivity contribution in [2.75, 3.05) is 0 Å². The number of furan rings is 1. The molecule has 8 aromatic carbocycles.